The monoisotopic (exact) mass is 257 g/mol. The van der Waals surface area contributed by atoms with E-state index < -0.39 is 5.82 Å². The smallest absolute Gasteiger partial charge is 0.162 e. The van der Waals surface area contributed by atoms with E-state index in [9.17, 15) is 8.78 Å². The van der Waals surface area contributed by atoms with Crippen molar-refractivity contribution in [3.05, 3.63) is 54.1 Å². The molecule has 0 aliphatic carbocycles. The van der Waals surface area contributed by atoms with Crippen molar-refractivity contribution in [1.82, 2.24) is 9.97 Å². The van der Waals surface area contributed by atoms with Gasteiger partial charge in [-0.3, -0.25) is 0 Å². The van der Waals surface area contributed by atoms with Crippen molar-refractivity contribution in [3.63, 3.8) is 0 Å². The van der Waals surface area contributed by atoms with E-state index in [0.717, 1.165) is 0 Å². The number of benzene rings is 2. The highest BCUT2D eigenvalue weighted by molar-refractivity contribution is 5.89. The molecule has 0 spiro atoms. The Labute approximate surface area is 107 Å². The molecule has 1 aromatic heterocycles. The molecule has 0 saturated heterocycles. The maximum absolute atomic E-state index is 13.2. The minimum absolute atomic E-state index is 0.240. The number of nitrogen functional groups attached to an aromatic ring is 1. The van der Waals surface area contributed by atoms with Crippen molar-refractivity contribution in [2.75, 3.05) is 5.73 Å². The van der Waals surface area contributed by atoms with Crippen LogP contribution < -0.4 is 5.73 Å². The molecule has 3 nitrogen and oxygen atoms in total. The van der Waals surface area contributed by atoms with E-state index in [-0.39, 0.29) is 17.5 Å². The molecule has 0 amide bonds. The lowest BCUT2D eigenvalue weighted by molar-refractivity contribution is 0.627. The third kappa shape index (κ3) is 2.10. The Kier molecular flexibility index (Phi) is 2.59. The Morgan fingerprint density at radius 2 is 1.68 bits per heavy atom. The fraction of sp³-hybridized carbons (Fsp3) is 0. The van der Waals surface area contributed by atoms with Gasteiger partial charge < -0.3 is 5.73 Å². The molecule has 0 saturated carbocycles. The summed E-state index contributed by atoms with van der Waals surface area (Å²) in [4.78, 5) is 8.33. The Balaban J connectivity index is 2.25. The highest BCUT2D eigenvalue weighted by Crippen LogP contribution is 2.23. The van der Waals surface area contributed by atoms with Crippen LogP contribution in [0.2, 0.25) is 0 Å². The first kappa shape index (κ1) is 11.5. The summed E-state index contributed by atoms with van der Waals surface area (Å²) in [6.07, 6.45) is 0. The van der Waals surface area contributed by atoms with Gasteiger partial charge >= 0.3 is 0 Å². The lowest BCUT2D eigenvalue weighted by atomic mass is 10.2. The van der Waals surface area contributed by atoms with Crippen molar-refractivity contribution in [2.24, 2.45) is 0 Å². The molecule has 0 unspecified atom stereocenters. The summed E-state index contributed by atoms with van der Waals surface area (Å²) in [7, 11) is 0. The van der Waals surface area contributed by atoms with Gasteiger partial charge in [-0.1, -0.05) is 12.1 Å². The number of anilines is 1. The fourth-order valence-corrected chi connectivity index (χ4v) is 1.88. The minimum Gasteiger partial charge on any atom is -0.383 e. The Morgan fingerprint density at radius 3 is 2.47 bits per heavy atom. The van der Waals surface area contributed by atoms with Crippen LogP contribution >= 0.6 is 0 Å². The summed E-state index contributed by atoms with van der Waals surface area (Å²) < 4.78 is 26.4. The molecule has 2 N–H and O–H groups in total. The second-order valence-electron chi connectivity index (χ2n) is 4.10. The Hall–Kier alpha value is -2.56. The summed E-state index contributed by atoms with van der Waals surface area (Å²) in [5.74, 6) is -0.283. The fourth-order valence-electron chi connectivity index (χ4n) is 1.88. The predicted molar refractivity (Wildman–Crippen MR) is 69.3 cm³/mol. The first-order valence-electron chi connectivity index (χ1n) is 5.62. The first-order chi connectivity index (χ1) is 9.13. The first-order valence-corrected chi connectivity index (χ1v) is 5.62. The highest BCUT2D eigenvalue weighted by atomic mass is 19.1. The van der Waals surface area contributed by atoms with Crippen LogP contribution in [0, 0.1) is 11.6 Å². The average molecular weight is 257 g/mol. The summed E-state index contributed by atoms with van der Waals surface area (Å²) >= 11 is 0. The second-order valence-corrected chi connectivity index (χ2v) is 4.10. The molecular weight excluding hydrogens is 248 g/mol. The third-order valence-corrected chi connectivity index (χ3v) is 2.77. The number of hydrogen-bond acceptors (Lipinski definition) is 3. The molecule has 0 fully saturated rings. The number of halogens is 2. The van der Waals surface area contributed by atoms with E-state index in [0.29, 0.717) is 16.5 Å². The van der Waals surface area contributed by atoms with Crippen LogP contribution in [0.3, 0.4) is 0 Å². The van der Waals surface area contributed by atoms with Crippen LogP contribution in [0.5, 0.6) is 0 Å². The molecule has 3 aromatic rings. The molecule has 94 valence electrons. The zero-order chi connectivity index (χ0) is 13.4. The zero-order valence-electron chi connectivity index (χ0n) is 9.77. The van der Waals surface area contributed by atoms with Crippen molar-refractivity contribution < 1.29 is 8.78 Å². The van der Waals surface area contributed by atoms with Crippen molar-refractivity contribution >= 4 is 16.7 Å². The number of nitrogens with zero attached hydrogens (tertiary/aromatic N) is 2. The number of hydrogen-bond donors (Lipinski definition) is 1. The standard InChI is InChI=1S/C14H9F2N3/c15-9-3-1-2-8(6-9)14-18-12-7-10(16)4-5-11(12)13(17)19-14/h1-7H,(H2,17,18,19). The minimum atomic E-state index is -0.407. The van der Waals surface area contributed by atoms with Gasteiger partial charge in [-0.25, -0.2) is 18.7 Å². The molecule has 0 aliphatic rings. The van der Waals surface area contributed by atoms with Gasteiger partial charge in [-0.15, -0.1) is 0 Å². The topological polar surface area (TPSA) is 51.8 Å². The molecule has 0 bridgehead atoms. The van der Waals surface area contributed by atoms with Gasteiger partial charge in [0.25, 0.3) is 0 Å². The second kappa shape index (κ2) is 4.28. The lowest BCUT2D eigenvalue weighted by Crippen LogP contribution is -1.98. The van der Waals surface area contributed by atoms with Gasteiger partial charge in [-0.05, 0) is 24.3 Å². The molecular formula is C14H9F2N3. The molecule has 19 heavy (non-hydrogen) atoms. The van der Waals surface area contributed by atoms with E-state index in [1.54, 1.807) is 12.1 Å². The van der Waals surface area contributed by atoms with Crippen molar-refractivity contribution in [1.29, 1.82) is 0 Å². The van der Waals surface area contributed by atoms with Crippen LogP contribution in [-0.4, -0.2) is 9.97 Å². The molecule has 0 aliphatic heterocycles. The molecule has 2 aromatic carbocycles. The Morgan fingerprint density at radius 1 is 0.895 bits per heavy atom. The highest BCUT2D eigenvalue weighted by Gasteiger charge is 2.08. The van der Waals surface area contributed by atoms with Gasteiger partial charge in [0.15, 0.2) is 5.82 Å². The van der Waals surface area contributed by atoms with Crippen LogP contribution in [0.25, 0.3) is 22.3 Å². The largest absolute Gasteiger partial charge is 0.383 e. The van der Waals surface area contributed by atoms with E-state index in [1.807, 2.05) is 0 Å². The number of aromatic nitrogens is 2. The van der Waals surface area contributed by atoms with Gasteiger partial charge in [0.1, 0.15) is 17.5 Å². The normalized spacial score (nSPS) is 10.8. The van der Waals surface area contributed by atoms with Crippen LogP contribution in [0.4, 0.5) is 14.6 Å². The van der Waals surface area contributed by atoms with E-state index in [4.69, 9.17) is 5.73 Å². The zero-order valence-corrected chi connectivity index (χ0v) is 9.77. The van der Waals surface area contributed by atoms with E-state index >= 15 is 0 Å². The van der Waals surface area contributed by atoms with Gasteiger partial charge in [0.2, 0.25) is 0 Å². The van der Waals surface area contributed by atoms with Crippen LogP contribution in [0.15, 0.2) is 42.5 Å². The number of nitrogens with two attached hydrogens (primary N) is 1. The number of fused-ring (bicyclic) bond motifs is 1. The molecule has 0 atom stereocenters. The number of rotatable bonds is 1. The van der Waals surface area contributed by atoms with Crippen molar-refractivity contribution in [2.45, 2.75) is 0 Å². The predicted octanol–water partition coefficient (Wildman–Crippen LogP) is 3.16. The molecule has 1 heterocycles. The SMILES string of the molecule is Nc1nc(-c2cccc(F)c2)nc2cc(F)ccc12. The third-order valence-electron chi connectivity index (χ3n) is 2.77. The van der Waals surface area contributed by atoms with Crippen molar-refractivity contribution in [3.8, 4) is 11.4 Å². The molecule has 3 rings (SSSR count). The maximum Gasteiger partial charge on any atom is 0.162 e. The van der Waals surface area contributed by atoms with E-state index in [2.05, 4.69) is 9.97 Å². The molecule has 5 heteroatoms. The summed E-state index contributed by atoms with van der Waals surface area (Å²) in [5.41, 5.74) is 6.71. The summed E-state index contributed by atoms with van der Waals surface area (Å²) in [6, 6.07) is 9.95. The summed E-state index contributed by atoms with van der Waals surface area (Å²) in [5, 5.41) is 0.571. The van der Waals surface area contributed by atoms with Gasteiger partial charge in [0, 0.05) is 17.0 Å². The Bertz CT molecular complexity index is 772. The van der Waals surface area contributed by atoms with Gasteiger partial charge in [-0.2, -0.15) is 0 Å². The van der Waals surface area contributed by atoms with Crippen LogP contribution in [-0.2, 0) is 0 Å². The van der Waals surface area contributed by atoms with Gasteiger partial charge in [0.05, 0.1) is 5.52 Å². The summed E-state index contributed by atoms with van der Waals surface area (Å²) in [6.45, 7) is 0. The lowest BCUT2D eigenvalue weighted by Gasteiger charge is -2.05. The van der Waals surface area contributed by atoms with E-state index in [1.165, 1.54) is 30.3 Å². The quantitative estimate of drug-likeness (QED) is 0.728. The average Bonchev–Trinajstić information content (AvgIpc) is 2.38. The molecule has 0 radical (unpaired) electrons. The maximum atomic E-state index is 13.2. The van der Waals surface area contributed by atoms with Crippen LogP contribution in [0.1, 0.15) is 0 Å².